The number of aromatic nitrogens is 3. The largest absolute Gasteiger partial charge is 0.711 e. The van der Waals surface area contributed by atoms with Crippen LogP contribution in [0.5, 0.6) is 0 Å². The molecule has 248 valence electrons. The van der Waals surface area contributed by atoms with E-state index in [0.29, 0.717) is 34.5 Å². The van der Waals surface area contributed by atoms with Crippen molar-refractivity contribution in [1.82, 2.24) is 9.55 Å². The number of benzene rings is 2. The zero-order chi connectivity index (χ0) is 33.8. The Balaban J connectivity index is 1.43. The van der Waals surface area contributed by atoms with Gasteiger partial charge in [-0.05, 0) is 61.9 Å². The first-order chi connectivity index (χ1) is 22.7. The van der Waals surface area contributed by atoms with E-state index in [1.807, 2.05) is 23.7 Å². The summed E-state index contributed by atoms with van der Waals surface area (Å²) in [7, 11) is 1.88. The number of amidine groups is 1. The zero-order valence-electron chi connectivity index (χ0n) is 27.0. The minimum Gasteiger partial charge on any atom is -0.711 e. The smallest absolute Gasteiger partial charge is 0.435 e. The molecule has 0 spiro atoms. The number of carbonyl (C=O) groups is 3. The van der Waals surface area contributed by atoms with E-state index in [1.165, 1.54) is 17.2 Å². The third-order valence-electron chi connectivity index (χ3n) is 7.46. The molecule has 0 bridgehead atoms. The Labute approximate surface area is 273 Å². The van der Waals surface area contributed by atoms with E-state index >= 15 is 0 Å². The lowest BCUT2D eigenvalue weighted by molar-refractivity contribution is -0.591. The van der Waals surface area contributed by atoms with Crippen molar-refractivity contribution in [2.24, 2.45) is 17.8 Å². The fourth-order valence-corrected chi connectivity index (χ4v) is 4.90. The highest BCUT2D eigenvalue weighted by Crippen LogP contribution is 2.21. The van der Waals surface area contributed by atoms with Crippen molar-refractivity contribution in [3.8, 4) is 0 Å². The van der Waals surface area contributed by atoms with Gasteiger partial charge in [0.2, 0.25) is 0 Å². The second kappa shape index (κ2) is 16.7. The molecule has 2 amide bonds. The Kier molecular flexibility index (Phi) is 12.3. The number of carbonyl (C=O) groups excluding carboxylic acids is 3. The summed E-state index contributed by atoms with van der Waals surface area (Å²) in [5.74, 6) is -0.0100. The summed E-state index contributed by atoms with van der Waals surface area (Å²) in [6.07, 6.45) is 4.53. The minimum absolute atomic E-state index is 0.0289. The zero-order valence-corrected chi connectivity index (χ0v) is 27.0. The normalized spacial score (nSPS) is 11.3. The summed E-state index contributed by atoms with van der Waals surface area (Å²) >= 11 is 0. The van der Waals surface area contributed by atoms with Gasteiger partial charge in [-0.1, -0.05) is 32.3 Å². The van der Waals surface area contributed by atoms with Gasteiger partial charge in [0.1, 0.15) is 18.2 Å². The Bertz CT molecular complexity index is 1720. The minimum atomic E-state index is -0.702. The van der Waals surface area contributed by atoms with Crippen molar-refractivity contribution in [2.75, 3.05) is 30.0 Å². The molecule has 0 fully saturated rings. The number of nitrogens with zero attached hydrogens (tertiary/aromatic N) is 5. The number of amides is 2. The van der Waals surface area contributed by atoms with Gasteiger partial charge in [0.25, 0.3) is 5.82 Å². The number of nitrogens with two attached hydrogens (primary N) is 1. The lowest BCUT2D eigenvalue weighted by atomic mass is 10.1. The second-order valence-electron chi connectivity index (χ2n) is 10.8. The van der Waals surface area contributed by atoms with Crippen LogP contribution in [0.3, 0.4) is 0 Å². The molecule has 0 aliphatic carbocycles. The predicted molar refractivity (Wildman–Crippen MR) is 179 cm³/mol. The highest BCUT2D eigenvalue weighted by atomic mass is 16.5. The first kappa shape index (κ1) is 34.4. The molecule has 4 aromatic rings. The summed E-state index contributed by atoms with van der Waals surface area (Å²) in [4.78, 5) is 47.5. The van der Waals surface area contributed by atoms with Crippen LogP contribution in [0.15, 0.2) is 71.9 Å². The molecule has 2 aromatic carbocycles. The molecule has 0 atom stereocenters. The van der Waals surface area contributed by atoms with Crippen LogP contribution in [0.25, 0.3) is 11.0 Å². The number of imidazole rings is 1. The third kappa shape index (κ3) is 9.28. The van der Waals surface area contributed by atoms with Gasteiger partial charge >= 0.3 is 18.0 Å². The van der Waals surface area contributed by atoms with Gasteiger partial charge in [-0.2, -0.15) is 9.89 Å². The Morgan fingerprint density at radius 2 is 1.79 bits per heavy atom. The number of hydrogen-bond donors (Lipinski definition) is 2. The van der Waals surface area contributed by atoms with Gasteiger partial charge in [-0.3, -0.25) is 4.79 Å². The van der Waals surface area contributed by atoms with E-state index in [-0.39, 0.29) is 31.2 Å². The fourth-order valence-electron chi connectivity index (χ4n) is 4.90. The fraction of sp³-hybridized carbons (Fsp3) is 0.353. The van der Waals surface area contributed by atoms with Crippen LogP contribution in [0.4, 0.5) is 16.3 Å². The van der Waals surface area contributed by atoms with Crippen LogP contribution in [-0.2, 0) is 27.9 Å². The highest BCUT2D eigenvalue weighted by molar-refractivity contribution is 6.07. The van der Waals surface area contributed by atoms with Crippen LogP contribution in [0, 0.1) is 5.21 Å². The molecule has 13 nitrogen and oxygen atoms in total. The van der Waals surface area contributed by atoms with Crippen molar-refractivity contribution in [1.29, 1.82) is 0 Å². The SMILES string of the molecule is CCCCCCOC(=O)/N=C(\N)c1ccc(NCc2nc3cc(C(=O)N(CCC(=O)OCC)c4cccc[n+]4[O-])ccc3n2C)cc1. The van der Waals surface area contributed by atoms with Crippen LogP contribution in [0.2, 0.25) is 0 Å². The number of esters is 1. The second-order valence-corrected chi connectivity index (χ2v) is 10.8. The molecule has 0 aliphatic heterocycles. The van der Waals surface area contributed by atoms with Crippen molar-refractivity contribution in [3.05, 3.63) is 89.0 Å². The number of pyridine rings is 1. The molecule has 2 heterocycles. The van der Waals surface area contributed by atoms with Crippen molar-refractivity contribution < 1.29 is 28.6 Å². The Hall–Kier alpha value is -5.46. The Morgan fingerprint density at radius 3 is 2.51 bits per heavy atom. The average molecular weight is 644 g/mol. The standard InChI is InChI=1S/C34H41N7O6/c1-4-6-7-10-21-47-34(44)38-32(35)24-12-15-26(16-13-24)36-23-29-37-27-22-25(14-17-28(27)39(29)3)33(43)40(20-18-31(42)46-5-2)30-11-8-9-19-41(30)45/h8-9,11-17,19,22,36H,4-7,10,18,20-21,23H2,1-3H3,(H2,35,38,44). The molecular formula is C34H41N7O6. The van der Waals surface area contributed by atoms with Gasteiger partial charge in [0.05, 0.1) is 49.0 Å². The number of nitrogens with one attached hydrogen (secondary N) is 1. The predicted octanol–water partition coefficient (Wildman–Crippen LogP) is 4.84. The summed E-state index contributed by atoms with van der Waals surface area (Å²) in [6.45, 7) is 4.72. The molecule has 0 aliphatic rings. The van der Waals surface area contributed by atoms with Crippen LogP contribution in [-0.4, -0.2) is 53.1 Å². The number of hydrogen-bond acceptors (Lipinski definition) is 8. The van der Waals surface area contributed by atoms with Gasteiger partial charge in [-0.15, -0.1) is 0 Å². The molecule has 2 aromatic heterocycles. The maximum Gasteiger partial charge on any atom is 0.435 e. The number of anilines is 2. The van der Waals surface area contributed by atoms with Crippen molar-refractivity contribution in [3.63, 3.8) is 0 Å². The lowest BCUT2D eigenvalue weighted by Gasteiger charge is -2.18. The first-order valence-electron chi connectivity index (χ1n) is 15.7. The number of rotatable bonds is 15. The van der Waals surface area contributed by atoms with E-state index in [0.717, 1.165) is 42.7 Å². The number of ether oxygens (including phenoxy) is 2. The molecule has 4 rings (SSSR count). The van der Waals surface area contributed by atoms with E-state index in [9.17, 15) is 19.6 Å². The van der Waals surface area contributed by atoms with Gasteiger partial charge in [0.15, 0.2) is 0 Å². The van der Waals surface area contributed by atoms with Crippen LogP contribution >= 0.6 is 0 Å². The third-order valence-corrected chi connectivity index (χ3v) is 7.46. The van der Waals surface area contributed by atoms with Crippen molar-refractivity contribution >= 4 is 46.3 Å². The molecular weight excluding hydrogens is 602 g/mol. The van der Waals surface area contributed by atoms with E-state index in [2.05, 4.69) is 17.2 Å². The highest BCUT2D eigenvalue weighted by Gasteiger charge is 2.28. The van der Waals surface area contributed by atoms with Crippen LogP contribution in [0.1, 0.15) is 67.7 Å². The van der Waals surface area contributed by atoms with Gasteiger partial charge in [-0.25, -0.2) is 19.3 Å². The summed E-state index contributed by atoms with van der Waals surface area (Å²) in [6, 6.07) is 17.0. The lowest BCUT2D eigenvalue weighted by Crippen LogP contribution is -2.42. The molecule has 0 saturated carbocycles. The summed E-state index contributed by atoms with van der Waals surface area (Å²) in [5.41, 5.74) is 9.13. The molecule has 47 heavy (non-hydrogen) atoms. The van der Waals surface area contributed by atoms with Crippen molar-refractivity contribution in [2.45, 2.75) is 52.5 Å². The number of aliphatic imine (C=N–C) groups is 1. The molecule has 0 radical (unpaired) electrons. The summed E-state index contributed by atoms with van der Waals surface area (Å²) < 4.78 is 12.7. The first-order valence-corrected chi connectivity index (χ1v) is 15.7. The molecule has 3 N–H and O–H groups in total. The maximum atomic E-state index is 13.7. The number of aryl methyl sites for hydroxylation is 1. The molecule has 0 unspecified atom stereocenters. The molecule has 13 heteroatoms. The number of unbranched alkanes of at least 4 members (excludes halogenated alkanes) is 3. The van der Waals surface area contributed by atoms with Crippen LogP contribution < -0.4 is 20.7 Å². The Morgan fingerprint density at radius 1 is 1.02 bits per heavy atom. The monoisotopic (exact) mass is 643 g/mol. The van der Waals surface area contributed by atoms with E-state index < -0.39 is 18.0 Å². The number of fused-ring (bicyclic) bond motifs is 1. The van der Waals surface area contributed by atoms with Gasteiger partial charge < -0.3 is 30.3 Å². The maximum absolute atomic E-state index is 13.7. The molecule has 0 saturated heterocycles. The average Bonchev–Trinajstić information content (AvgIpc) is 3.38. The van der Waals surface area contributed by atoms with E-state index in [1.54, 1.807) is 49.4 Å². The topological polar surface area (TPSA) is 168 Å². The van der Waals surface area contributed by atoms with E-state index in [4.69, 9.17) is 20.2 Å². The van der Waals surface area contributed by atoms with Gasteiger partial charge in [0, 0.05) is 24.4 Å². The summed E-state index contributed by atoms with van der Waals surface area (Å²) in [5, 5.41) is 15.8. The quantitative estimate of drug-likeness (QED) is 0.0460.